The molecule has 1 heterocycles. The number of likely N-dealkylation sites (N-methyl/N-ethyl adjacent to an activating group) is 1. The van der Waals surface area contributed by atoms with Crippen molar-refractivity contribution in [1.82, 2.24) is 14.7 Å². The van der Waals surface area contributed by atoms with Crippen molar-refractivity contribution in [2.75, 3.05) is 13.6 Å². The van der Waals surface area contributed by atoms with Crippen LogP contribution in [0.3, 0.4) is 0 Å². The Bertz CT molecular complexity index is 555. The van der Waals surface area contributed by atoms with E-state index in [4.69, 9.17) is 0 Å². The lowest BCUT2D eigenvalue weighted by Crippen LogP contribution is -2.18. The molecule has 0 saturated heterocycles. The summed E-state index contributed by atoms with van der Waals surface area (Å²) >= 11 is 0. The maximum Gasteiger partial charge on any atom is 0.0648 e. The lowest BCUT2D eigenvalue weighted by atomic mass is 10.2. The molecule has 0 bridgehead atoms. The first-order valence-electron chi connectivity index (χ1n) is 6.53. The SMILES string of the molecule is C=CCN(C)Cc1c(C)nn(-c2ccccc2)c1C. The average molecular weight is 255 g/mol. The molecule has 0 N–H and O–H groups in total. The van der Waals surface area contributed by atoms with Crippen LogP contribution in [-0.2, 0) is 6.54 Å². The predicted octanol–water partition coefficient (Wildman–Crippen LogP) is 3.11. The van der Waals surface area contributed by atoms with E-state index in [-0.39, 0.29) is 0 Å². The number of aromatic nitrogens is 2. The van der Waals surface area contributed by atoms with Crippen LogP contribution in [0.4, 0.5) is 0 Å². The summed E-state index contributed by atoms with van der Waals surface area (Å²) in [4.78, 5) is 2.24. The van der Waals surface area contributed by atoms with E-state index < -0.39 is 0 Å². The first kappa shape index (κ1) is 13.6. The smallest absolute Gasteiger partial charge is 0.0648 e. The summed E-state index contributed by atoms with van der Waals surface area (Å²) < 4.78 is 2.02. The second-order valence-corrected chi connectivity index (χ2v) is 4.88. The highest BCUT2D eigenvalue weighted by molar-refractivity contribution is 5.36. The van der Waals surface area contributed by atoms with Crippen LogP contribution in [0.2, 0.25) is 0 Å². The Morgan fingerprint density at radius 2 is 1.95 bits per heavy atom. The zero-order valence-electron chi connectivity index (χ0n) is 11.9. The molecule has 0 amide bonds. The number of rotatable bonds is 5. The van der Waals surface area contributed by atoms with E-state index in [1.165, 1.54) is 11.3 Å². The zero-order chi connectivity index (χ0) is 13.8. The molecule has 19 heavy (non-hydrogen) atoms. The van der Waals surface area contributed by atoms with Crippen molar-refractivity contribution >= 4 is 0 Å². The summed E-state index contributed by atoms with van der Waals surface area (Å²) in [7, 11) is 2.10. The molecule has 1 aromatic carbocycles. The zero-order valence-corrected chi connectivity index (χ0v) is 11.9. The van der Waals surface area contributed by atoms with Crippen molar-refractivity contribution in [1.29, 1.82) is 0 Å². The molecular formula is C16H21N3. The van der Waals surface area contributed by atoms with Gasteiger partial charge in [0, 0.05) is 24.3 Å². The number of benzene rings is 1. The van der Waals surface area contributed by atoms with Crippen LogP contribution >= 0.6 is 0 Å². The van der Waals surface area contributed by atoms with E-state index in [0.29, 0.717) is 0 Å². The van der Waals surface area contributed by atoms with Crippen molar-refractivity contribution in [3.05, 3.63) is 59.9 Å². The average Bonchev–Trinajstić information content (AvgIpc) is 2.68. The monoisotopic (exact) mass is 255 g/mol. The second-order valence-electron chi connectivity index (χ2n) is 4.88. The van der Waals surface area contributed by atoms with Crippen LogP contribution in [0.15, 0.2) is 43.0 Å². The second kappa shape index (κ2) is 5.85. The van der Waals surface area contributed by atoms with E-state index in [0.717, 1.165) is 24.5 Å². The van der Waals surface area contributed by atoms with Gasteiger partial charge in [-0.2, -0.15) is 5.10 Å². The molecule has 0 fully saturated rings. The molecule has 3 heteroatoms. The molecule has 0 aliphatic rings. The molecule has 100 valence electrons. The number of aryl methyl sites for hydroxylation is 1. The molecule has 0 atom stereocenters. The third kappa shape index (κ3) is 2.93. The minimum Gasteiger partial charge on any atom is -0.298 e. The van der Waals surface area contributed by atoms with E-state index in [1.807, 2.05) is 29.0 Å². The van der Waals surface area contributed by atoms with Gasteiger partial charge < -0.3 is 0 Å². The minimum absolute atomic E-state index is 0.884. The largest absolute Gasteiger partial charge is 0.298 e. The van der Waals surface area contributed by atoms with Gasteiger partial charge in [-0.1, -0.05) is 24.3 Å². The minimum atomic E-state index is 0.884. The molecule has 0 unspecified atom stereocenters. The van der Waals surface area contributed by atoms with E-state index in [9.17, 15) is 0 Å². The van der Waals surface area contributed by atoms with Crippen LogP contribution in [-0.4, -0.2) is 28.3 Å². The summed E-state index contributed by atoms with van der Waals surface area (Å²) in [5.74, 6) is 0. The van der Waals surface area contributed by atoms with Crippen molar-refractivity contribution in [3.63, 3.8) is 0 Å². The Labute approximate surface area is 115 Å². The van der Waals surface area contributed by atoms with Gasteiger partial charge in [0.2, 0.25) is 0 Å². The number of hydrogen-bond acceptors (Lipinski definition) is 2. The Balaban J connectivity index is 2.32. The van der Waals surface area contributed by atoms with Crippen molar-refractivity contribution in [2.45, 2.75) is 20.4 Å². The Hall–Kier alpha value is -1.87. The first-order valence-corrected chi connectivity index (χ1v) is 6.53. The maximum absolute atomic E-state index is 4.66. The highest BCUT2D eigenvalue weighted by Gasteiger charge is 2.13. The number of hydrogen-bond donors (Lipinski definition) is 0. The van der Waals surface area contributed by atoms with Gasteiger partial charge in [-0.3, -0.25) is 4.90 Å². The lowest BCUT2D eigenvalue weighted by Gasteiger charge is -2.14. The van der Waals surface area contributed by atoms with Gasteiger partial charge in [-0.05, 0) is 33.0 Å². The lowest BCUT2D eigenvalue weighted by molar-refractivity contribution is 0.362. The van der Waals surface area contributed by atoms with Gasteiger partial charge in [0.15, 0.2) is 0 Å². The molecule has 0 saturated carbocycles. The maximum atomic E-state index is 4.66. The fourth-order valence-electron chi connectivity index (χ4n) is 2.28. The predicted molar refractivity (Wildman–Crippen MR) is 79.6 cm³/mol. The third-order valence-corrected chi connectivity index (χ3v) is 3.31. The molecule has 2 aromatic rings. The number of para-hydroxylation sites is 1. The van der Waals surface area contributed by atoms with Gasteiger partial charge in [0.05, 0.1) is 11.4 Å². The molecular weight excluding hydrogens is 234 g/mol. The van der Waals surface area contributed by atoms with Crippen LogP contribution < -0.4 is 0 Å². The topological polar surface area (TPSA) is 21.1 Å². The summed E-state index contributed by atoms with van der Waals surface area (Å²) in [6, 6.07) is 10.3. The van der Waals surface area contributed by atoms with E-state index in [1.54, 1.807) is 0 Å². The quantitative estimate of drug-likeness (QED) is 0.765. The Morgan fingerprint density at radius 3 is 2.58 bits per heavy atom. The normalized spacial score (nSPS) is 10.9. The number of nitrogens with zero attached hydrogens (tertiary/aromatic N) is 3. The van der Waals surface area contributed by atoms with Crippen molar-refractivity contribution < 1.29 is 0 Å². The molecule has 0 aliphatic carbocycles. The summed E-state index contributed by atoms with van der Waals surface area (Å²) in [6.07, 6.45) is 1.92. The molecule has 3 nitrogen and oxygen atoms in total. The third-order valence-electron chi connectivity index (χ3n) is 3.31. The highest BCUT2D eigenvalue weighted by atomic mass is 15.3. The Kier molecular flexibility index (Phi) is 4.17. The van der Waals surface area contributed by atoms with Crippen molar-refractivity contribution in [2.24, 2.45) is 0 Å². The standard InChI is InChI=1S/C16H21N3/c1-5-11-18(4)12-16-13(2)17-19(14(16)3)15-9-7-6-8-10-15/h5-10H,1,11-12H2,2-4H3. The fourth-order valence-corrected chi connectivity index (χ4v) is 2.28. The van der Waals surface area contributed by atoms with Gasteiger partial charge >= 0.3 is 0 Å². The molecule has 0 spiro atoms. The van der Waals surface area contributed by atoms with Crippen LogP contribution in [0.1, 0.15) is 17.0 Å². The molecule has 1 aromatic heterocycles. The van der Waals surface area contributed by atoms with Crippen LogP contribution in [0, 0.1) is 13.8 Å². The van der Waals surface area contributed by atoms with Gasteiger partial charge in [-0.25, -0.2) is 4.68 Å². The summed E-state index contributed by atoms with van der Waals surface area (Å²) in [5.41, 5.74) is 4.71. The van der Waals surface area contributed by atoms with Gasteiger partial charge in [0.1, 0.15) is 0 Å². The molecule has 0 aliphatic heterocycles. The highest BCUT2D eigenvalue weighted by Crippen LogP contribution is 2.18. The van der Waals surface area contributed by atoms with E-state index in [2.05, 4.69) is 49.6 Å². The van der Waals surface area contributed by atoms with Gasteiger partial charge in [0.25, 0.3) is 0 Å². The summed E-state index contributed by atoms with van der Waals surface area (Å²) in [5, 5.41) is 4.66. The fraction of sp³-hybridized carbons (Fsp3) is 0.312. The van der Waals surface area contributed by atoms with Gasteiger partial charge in [-0.15, -0.1) is 6.58 Å². The van der Waals surface area contributed by atoms with Crippen LogP contribution in [0.5, 0.6) is 0 Å². The summed E-state index contributed by atoms with van der Waals surface area (Å²) in [6.45, 7) is 9.76. The Morgan fingerprint density at radius 1 is 1.26 bits per heavy atom. The van der Waals surface area contributed by atoms with Crippen molar-refractivity contribution in [3.8, 4) is 5.69 Å². The van der Waals surface area contributed by atoms with Crippen LogP contribution in [0.25, 0.3) is 5.69 Å². The van der Waals surface area contributed by atoms with E-state index >= 15 is 0 Å². The molecule has 2 rings (SSSR count). The first-order chi connectivity index (χ1) is 9.13. The molecule has 0 radical (unpaired) electrons.